The van der Waals surface area contributed by atoms with Crippen molar-refractivity contribution in [2.24, 2.45) is 17.8 Å². The molecular weight excluding hydrogens is 484 g/mol. The quantitative estimate of drug-likeness (QED) is 0.261. The van der Waals surface area contributed by atoms with Crippen molar-refractivity contribution in [1.82, 2.24) is 10.2 Å². The summed E-state index contributed by atoms with van der Waals surface area (Å²) in [7, 11) is 0. The van der Waals surface area contributed by atoms with Gasteiger partial charge in [-0.2, -0.15) is 0 Å². The van der Waals surface area contributed by atoms with Gasteiger partial charge in [0.15, 0.2) is 0 Å². The van der Waals surface area contributed by atoms with Gasteiger partial charge < -0.3 is 20.1 Å². The van der Waals surface area contributed by atoms with E-state index in [2.05, 4.69) is 28.2 Å². The predicted octanol–water partition coefficient (Wildman–Crippen LogP) is 2.34. The Morgan fingerprint density at radius 1 is 1.39 bits per heavy atom. The van der Waals surface area contributed by atoms with Crippen LogP contribution in [-0.2, 0) is 19.1 Å². The van der Waals surface area contributed by atoms with Gasteiger partial charge in [-0.3, -0.25) is 14.4 Å². The number of amides is 2. The molecule has 176 valence electrons. The first-order valence-corrected chi connectivity index (χ1v) is 13.2. The van der Waals surface area contributed by atoms with Gasteiger partial charge in [0, 0.05) is 16.6 Å². The van der Waals surface area contributed by atoms with Gasteiger partial charge in [0.05, 0.1) is 35.8 Å². The third kappa shape index (κ3) is 4.26. The number of carbonyl (C=O) groups excluding carboxylic acids is 3. The highest BCUT2D eigenvalue weighted by Crippen LogP contribution is 2.68. The molecule has 3 heterocycles. The Bertz CT molecular complexity index is 707. The van der Waals surface area contributed by atoms with Gasteiger partial charge in [0.2, 0.25) is 11.8 Å². The number of carbonyl (C=O) groups is 3. The Kier molecular flexibility index (Phi) is 8.01. The third-order valence-electron chi connectivity index (χ3n) is 6.71. The van der Waals surface area contributed by atoms with E-state index in [0.717, 1.165) is 12.8 Å². The number of ether oxygens (including phenoxy) is 1. The van der Waals surface area contributed by atoms with Crippen LogP contribution >= 0.6 is 27.7 Å². The molecule has 0 aliphatic carbocycles. The van der Waals surface area contributed by atoms with E-state index in [1.165, 1.54) is 0 Å². The molecule has 3 fully saturated rings. The molecule has 0 aromatic heterocycles. The maximum absolute atomic E-state index is 13.8. The van der Waals surface area contributed by atoms with Crippen LogP contribution in [-0.4, -0.2) is 74.5 Å². The van der Waals surface area contributed by atoms with Crippen molar-refractivity contribution in [2.45, 2.75) is 80.3 Å². The molecule has 1 spiro atoms. The molecule has 2 bridgehead atoms. The topological polar surface area (TPSA) is 95.9 Å². The number of nitrogens with zero attached hydrogens (tertiary/aromatic N) is 1. The Morgan fingerprint density at radius 2 is 2.10 bits per heavy atom. The highest BCUT2D eigenvalue weighted by Gasteiger charge is 2.76. The normalized spacial score (nSPS) is 34.9. The average molecular weight is 520 g/mol. The van der Waals surface area contributed by atoms with Crippen LogP contribution in [0, 0.1) is 17.8 Å². The van der Waals surface area contributed by atoms with Crippen LogP contribution in [0.25, 0.3) is 0 Å². The highest BCUT2D eigenvalue weighted by molar-refractivity contribution is 9.09. The van der Waals surface area contributed by atoms with E-state index in [-0.39, 0.29) is 47.0 Å². The molecule has 3 aliphatic rings. The fraction of sp³-hybridized carbons (Fsp3) is 0.864. The maximum Gasteiger partial charge on any atom is 0.310 e. The minimum atomic E-state index is -0.702. The molecule has 0 aromatic carbocycles. The number of fused-ring (bicyclic) bond motifs is 1. The number of halogens is 1. The predicted molar refractivity (Wildman–Crippen MR) is 124 cm³/mol. The molecule has 0 saturated carbocycles. The summed E-state index contributed by atoms with van der Waals surface area (Å²) in [6, 6.07) is -1.15. The van der Waals surface area contributed by atoms with Gasteiger partial charge in [0.25, 0.3) is 0 Å². The number of aliphatic hydroxyl groups is 1. The summed E-state index contributed by atoms with van der Waals surface area (Å²) in [4.78, 5) is 41.9. The zero-order chi connectivity index (χ0) is 22.9. The van der Waals surface area contributed by atoms with E-state index >= 15 is 0 Å². The second kappa shape index (κ2) is 10.00. The van der Waals surface area contributed by atoms with Crippen molar-refractivity contribution < 1.29 is 24.2 Å². The fourth-order valence-corrected chi connectivity index (χ4v) is 9.16. The summed E-state index contributed by atoms with van der Waals surface area (Å²) in [5, 5.41) is 13.1. The van der Waals surface area contributed by atoms with Crippen LogP contribution in [0.1, 0.15) is 53.4 Å². The van der Waals surface area contributed by atoms with E-state index in [4.69, 9.17) is 4.74 Å². The lowest BCUT2D eigenvalue weighted by molar-refractivity contribution is -0.154. The zero-order valence-electron chi connectivity index (χ0n) is 18.8. The average Bonchev–Trinajstić information content (AvgIpc) is 3.30. The van der Waals surface area contributed by atoms with E-state index in [9.17, 15) is 19.5 Å². The molecule has 0 aromatic rings. The molecule has 9 heteroatoms. The minimum absolute atomic E-state index is 0.0273. The van der Waals surface area contributed by atoms with Crippen LogP contribution < -0.4 is 5.32 Å². The second-order valence-corrected chi connectivity index (χ2v) is 12.0. The lowest BCUT2D eigenvalue weighted by Crippen LogP contribution is -2.57. The molecule has 0 radical (unpaired) electrons. The Hall–Kier alpha value is -0.800. The number of alkyl halides is 1. The summed E-state index contributed by atoms with van der Waals surface area (Å²) >= 11 is 5.32. The van der Waals surface area contributed by atoms with Crippen molar-refractivity contribution in [3.05, 3.63) is 0 Å². The number of aliphatic hydroxyl groups excluding tert-OH is 1. The molecule has 2 amide bonds. The van der Waals surface area contributed by atoms with Crippen molar-refractivity contribution in [3.8, 4) is 0 Å². The largest absolute Gasteiger partial charge is 0.466 e. The molecule has 31 heavy (non-hydrogen) atoms. The second-order valence-electron chi connectivity index (χ2n) is 9.27. The lowest BCUT2D eigenvalue weighted by atomic mass is 9.71. The number of likely N-dealkylation sites (tertiary alicyclic amines) is 1. The summed E-state index contributed by atoms with van der Waals surface area (Å²) in [5.74, 6) is -1.66. The van der Waals surface area contributed by atoms with Gasteiger partial charge in [-0.05, 0) is 32.1 Å². The standard InChI is InChI=1S/C22H35BrN2O5S/c1-5-7-8-24-19(27)18-22-10-14(23)17(31-22)15(21(29)30-6-2)16(22)20(28)25(18)13(11-26)9-12(3)4/h12-18,26H,5-11H2,1-4H3,(H,24,27)/t13-,14?,15-,16+,17-,18?,22?/m1/s1. The highest BCUT2D eigenvalue weighted by atomic mass is 79.9. The molecule has 7 atom stereocenters. The number of thioether (sulfide) groups is 1. The number of esters is 1. The smallest absolute Gasteiger partial charge is 0.310 e. The van der Waals surface area contributed by atoms with Crippen LogP contribution in [0.5, 0.6) is 0 Å². The van der Waals surface area contributed by atoms with Gasteiger partial charge >= 0.3 is 5.97 Å². The first kappa shape index (κ1) is 24.8. The number of hydrogen-bond donors (Lipinski definition) is 2. The van der Waals surface area contributed by atoms with E-state index in [1.807, 2.05) is 13.8 Å². The number of nitrogens with one attached hydrogen (secondary N) is 1. The Morgan fingerprint density at radius 3 is 2.68 bits per heavy atom. The van der Waals surface area contributed by atoms with E-state index < -0.39 is 28.7 Å². The molecule has 3 aliphatic heterocycles. The summed E-state index contributed by atoms with van der Waals surface area (Å²) in [6.45, 7) is 8.49. The molecule has 2 N–H and O–H groups in total. The lowest BCUT2D eigenvalue weighted by Gasteiger charge is -2.37. The first-order valence-electron chi connectivity index (χ1n) is 11.4. The molecule has 7 nitrogen and oxygen atoms in total. The SMILES string of the molecule is CCCCNC(=O)C1N([C@@H](CO)CC(C)C)C(=O)[C@@H]2[C@@H](C(=O)OCC)[C@@H]3SC12CC3Br. The summed E-state index contributed by atoms with van der Waals surface area (Å²) < 4.78 is 4.66. The van der Waals surface area contributed by atoms with Crippen molar-refractivity contribution in [3.63, 3.8) is 0 Å². The maximum atomic E-state index is 13.8. The number of unbranched alkanes of at least 4 members (excludes halogenated alkanes) is 1. The van der Waals surface area contributed by atoms with Crippen LogP contribution in [0.15, 0.2) is 0 Å². The number of rotatable bonds is 10. The van der Waals surface area contributed by atoms with Gasteiger partial charge in [-0.15, -0.1) is 11.8 Å². The van der Waals surface area contributed by atoms with Gasteiger partial charge in [-0.25, -0.2) is 0 Å². The van der Waals surface area contributed by atoms with Gasteiger partial charge in [0.1, 0.15) is 6.04 Å². The molecular formula is C22H35BrN2O5S. The van der Waals surface area contributed by atoms with Crippen molar-refractivity contribution in [1.29, 1.82) is 0 Å². The molecule has 3 unspecified atom stereocenters. The third-order valence-corrected chi connectivity index (χ3v) is 9.93. The van der Waals surface area contributed by atoms with E-state index in [1.54, 1.807) is 23.6 Å². The Balaban J connectivity index is 2.02. The van der Waals surface area contributed by atoms with Crippen LogP contribution in [0.2, 0.25) is 0 Å². The zero-order valence-corrected chi connectivity index (χ0v) is 21.2. The Labute approximate surface area is 197 Å². The number of hydrogen-bond acceptors (Lipinski definition) is 6. The summed E-state index contributed by atoms with van der Waals surface area (Å²) in [6.07, 6.45) is 3.05. The van der Waals surface area contributed by atoms with E-state index in [0.29, 0.717) is 19.4 Å². The summed E-state index contributed by atoms with van der Waals surface area (Å²) in [5.41, 5.74) is 0. The molecule has 3 rings (SSSR count). The monoisotopic (exact) mass is 518 g/mol. The molecule has 3 saturated heterocycles. The van der Waals surface area contributed by atoms with Crippen molar-refractivity contribution >= 4 is 45.5 Å². The minimum Gasteiger partial charge on any atom is -0.466 e. The fourth-order valence-electron chi connectivity index (χ4n) is 5.57. The van der Waals surface area contributed by atoms with Gasteiger partial charge in [-0.1, -0.05) is 43.1 Å². The first-order chi connectivity index (χ1) is 14.7. The van der Waals surface area contributed by atoms with Crippen LogP contribution in [0.3, 0.4) is 0 Å². The van der Waals surface area contributed by atoms with Crippen molar-refractivity contribution in [2.75, 3.05) is 19.8 Å². The van der Waals surface area contributed by atoms with Crippen LogP contribution in [0.4, 0.5) is 0 Å².